The molecule has 84 valence electrons. The summed E-state index contributed by atoms with van der Waals surface area (Å²) < 4.78 is 0. The first-order chi connectivity index (χ1) is 6.83. The van der Waals surface area contributed by atoms with Crippen molar-refractivity contribution in [3.05, 3.63) is 0 Å². The largest absolute Gasteiger partial charge is 0.316 e. The maximum atomic E-state index is 3.49. The highest BCUT2D eigenvalue weighted by Gasteiger charge is 2.15. The standard InChI is InChI=1S/C12H25NS/c1-3-8-13-9-11(2)14-10-12-6-4-5-7-12/h11-13H,3-10H2,1-2H3. The Kier molecular flexibility index (Phi) is 6.70. The summed E-state index contributed by atoms with van der Waals surface area (Å²) in [7, 11) is 0. The van der Waals surface area contributed by atoms with E-state index >= 15 is 0 Å². The van der Waals surface area contributed by atoms with Gasteiger partial charge in [0.2, 0.25) is 0 Å². The van der Waals surface area contributed by atoms with Crippen LogP contribution < -0.4 is 5.32 Å². The number of nitrogens with one attached hydrogen (secondary N) is 1. The highest BCUT2D eigenvalue weighted by molar-refractivity contribution is 7.99. The van der Waals surface area contributed by atoms with Gasteiger partial charge in [-0.05, 0) is 37.5 Å². The molecule has 0 aromatic heterocycles. The van der Waals surface area contributed by atoms with E-state index < -0.39 is 0 Å². The maximum absolute atomic E-state index is 3.49. The zero-order valence-corrected chi connectivity index (χ0v) is 10.5. The third kappa shape index (κ3) is 5.26. The molecule has 0 heterocycles. The lowest BCUT2D eigenvalue weighted by Gasteiger charge is -2.14. The minimum atomic E-state index is 0.794. The van der Waals surface area contributed by atoms with E-state index in [2.05, 4.69) is 30.9 Å². The van der Waals surface area contributed by atoms with E-state index in [1.54, 1.807) is 0 Å². The van der Waals surface area contributed by atoms with Crippen molar-refractivity contribution >= 4 is 11.8 Å². The Morgan fingerprint density at radius 3 is 2.71 bits per heavy atom. The molecule has 0 aliphatic heterocycles. The quantitative estimate of drug-likeness (QED) is 0.654. The van der Waals surface area contributed by atoms with Crippen LogP contribution in [-0.2, 0) is 0 Å². The molecule has 1 N–H and O–H groups in total. The van der Waals surface area contributed by atoms with Crippen LogP contribution in [0.3, 0.4) is 0 Å². The van der Waals surface area contributed by atoms with Gasteiger partial charge >= 0.3 is 0 Å². The van der Waals surface area contributed by atoms with Crippen LogP contribution >= 0.6 is 11.8 Å². The van der Waals surface area contributed by atoms with Crippen molar-refractivity contribution < 1.29 is 0 Å². The Morgan fingerprint density at radius 2 is 2.07 bits per heavy atom. The molecule has 1 nitrogen and oxygen atoms in total. The van der Waals surface area contributed by atoms with Crippen LogP contribution in [0.4, 0.5) is 0 Å². The van der Waals surface area contributed by atoms with E-state index in [0.29, 0.717) is 0 Å². The van der Waals surface area contributed by atoms with Crippen LogP contribution in [0.5, 0.6) is 0 Å². The lowest BCUT2D eigenvalue weighted by atomic mass is 10.1. The molecular formula is C12H25NS. The number of thioether (sulfide) groups is 1. The first-order valence-electron chi connectivity index (χ1n) is 6.15. The van der Waals surface area contributed by atoms with Gasteiger partial charge in [-0.1, -0.05) is 26.7 Å². The van der Waals surface area contributed by atoms with Crippen LogP contribution in [0, 0.1) is 5.92 Å². The molecule has 1 saturated carbocycles. The summed E-state index contributed by atoms with van der Waals surface area (Å²) in [5.74, 6) is 2.43. The molecule has 1 rings (SSSR count). The number of hydrogen-bond acceptors (Lipinski definition) is 2. The van der Waals surface area contributed by atoms with Gasteiger partial charge in [0.15, 0.2) is 0 Å². The van der Waals surface area contributed by atoms with Crippen molar-refractivity contribution in [1.82, 2.24) is 5.32 Å². The van der Waals surface area contributed by atoms with Crippen molar-refractivity contribution in [2.75, 3.05) is 18.8 Å². The number of hydrogen-bond donors (Lipinski definition) is 1. The van der Waals surface area contributed by atoms with E-state index in [0.717, 1.165) is 11.2 Å². The van der Waals surface area contributed by atoms with Crippen molar-refractivity contribution in [2.45, 2.75) is 51.2 Å². The third-order valence-electron chi connectivity index (χ3n) is 2.95. The topological polar surface area (TPSA) is 12.0 Å². The molecule has 0 aromatic carbocycles. The highest BCUT2D eigenvalue weighted by Crippen LogP contribution is 2.29. The fourth-order valence-electron chi connectivity index (χ4n) is 2.02. The summed E-state index contributed by atoms with van der Waals surface area (Å²) in [4.78, 5) is 0. The van der Waals surface area contributed by atoms with Crippen LogP contribution in [0.25, 0.3) is 0 Å². The van der Waals surface area contributed by atoms with Gasteiger partial charge in [0.25, 0.3) is 0 Å². The summed E-state index contributed by atoms with van der Waals surface area (Å²) in [6.07, 6.45) is 7.19. The van der Waals surface area contributed by atoms with Crippen molar-refractivity contribution in [3.8, 4) is 0 Å². The molecule has 0 radical (unpaired) electrons. The summed E-state index contributed by atoms with van der Waals surface area (Å²) >= 11 is 2.16. The van der Waals surface area contributed by atoms with Gasteiger partial charge in [0, 0.05) is 11.8 Å². The van der Waals surface area contributed by atoms with E-state index in [4.69, 9.17) is 0 Å². The smallest absolute Gasteiger partial charge is 0.0144 e. The van der Waals surface area contributed by atoms with Gasteiger partial charge in [-0.15, -0.1) is 0 Å². The second kappa shape index (κ2) is 7.58. The molecule has 1 aliphatic rings. The van der Waals surface area contributed by atoms with Crippen molar-refractivity contribution in [2.24, 2.45) is 5.92 Å². The van der Waals surface area contributed by atoms with Gasteiger partial charge in [-0.3, -0.25) is 0 Å². The van der Waals surface area contributed by atoms with Crippen LogP contribution in [0.1, 0.15) is 46.0 Å². The van der Waals surface area contributed by atoms with Crippen molar-refractivity contribution in [3.63, 3.8) is 0 Å². The van der Waals surface area contributed by atoms with Gasteiger partial charge < -0.3 is 5.32 Å². The molecule has 1 fully saturated rings. The van der Waals surface area contributed by atoms with Gasteiger partial charge in [0.1, 0.15) is 0 Å². The minimum absolute atomic E-state index is 0.794. The monoisotopic (exact) mass is 215 g/mol. The summed E-state index contributed by atoms with van der Waals surface area (Å²) in [5, 5.41) is 4.28. The van der Waals surface area contributed by atoms with E-state index in [9.17, 15) is 0 Å². The zero-order chi connectivity index (χ0) is 10.2. The summed E-state index contributed by atoms with van der Waals surface area (Å²) in [6.45, 7) is 6.94. The summed E-state index contributed by atoms with van der Waals surface area (Å²) in [6, 6.07) is 0. The van der Waals surface area contributed by atoms with Crippen LogP contribution in [0.15, 0.2) is 0 Å². The Balaban J connectivity index is 1.93. The molecule has 2 heteroatoms. The van der Waals surface area contributed by atoms with Crippen LogP contribution in [-0.4, -0.2) is 24.1 Å². The predicted octanol–water partition coefficient (Wildman–Crippen LogP) is 3.30. The van der Waals surface area contributed by atoms with Crippen molar-refractivity contribution in [1.29, 1.82) is 0 Å². The average molecular weight is 215 g/mol. The zero-order valence-electron chi connectivity index (χ0n) is 9.72. The molecule has 1 atom stereocenters. The average Bonchev–Trinajstić information content (AvgIpc) is 2.68. The fourth-order valence-corrected chi connectivity index (χ4v) is 3.19. The molecule has 14 heavy (non-hydrogen) atoms. The summed E-state index contributed by atoms with van der Waals surface area (Å²) in [5.41, 5.74) is 0. The fraction of sp³-hybridized carbons (Fsp3) is 1.00. The van der Waals surface area contributed by atoms with E-state index in [-0.39, 0.29) is 0 Å². The highest BCUT2D eigenvalue weighted by atomic mass is 32.2. The number of rotatable bonds is 7. The molecule has 1 unspecified atom stereocenters. The maximum Gasteiger partial charge on any atom is 0.0144 e. The van der Waals surface area contributed by atoms with Gasteiger partial charge in [-0.25, -0.2) is 0 Å². The molecule has 0 bridgehead atoms. The SMILES string of the molecule is CCCNCC(C)SCC1CCCC1. The Hall–Kier alpha value is 0.310. The molecule has 1 aliphatic carbocycles. The third-order valence-corrected chi connectivity index (χ3v) is 4.35. The van der Waals surface area contributed by atoms with E-state index in [1.165, 1.54) is 50.9 Å². The first-order valence-corrected chi connectivity index (χ1v) is 7.20. The molecule has 0 saturated heterocycles. The molecule has 0 aromatic rings. The second-order valence-electron chi connectivity index (χ2n) is 4.50. The minimum Gasteiger partial charge on any atom is -0.316 e. The lowest BCUT2D eigenvalue weighted by molar-refractivity contribution is 0.618. The lowest BCUT2D eigenvalue weighted by Crippen LogP contribution is -2.24. The Bertz CT molecular complexity index is 132. The van der Waals surface area contributed by atoms with Gasteiger partial charge in [0.05, 0.1) is 0 Å². The van der Waals surface area contributed by atoms with Crippen LogP contribution in [0.2, 0.25) is 0 Å². The second-order valence-corrected chi connectivity index (χ2v) is 5.97. The Morgan fingerprint density at radius 1 is 1.36 bits per heavy atom. The van der Waals surface area contributed by atoms with E-state index in [1.807, 2.05) is 0 Å². The van der Waals surface area contributed by atoms with Gasteiger partial charge in [-0.2, -0.15) is 11.8 Å². The normalized spacial score (nSPS) is 20.1. The predicted molar refractivity (Wildman–Crippen MR) is 67.0 cm³/mol. The first kappa shape index (κ1) is 12.4. The molecule has 0 spiro atoms. The molecule has 0 amide bonds. The molecular weight excluding hydrogens is 190 g/mol. The Labute approximate surface area is 93.4 Å².